The Morgan fingerprint density at radius 3 is 2.56 bits per heavy atom. The van der Waals surface area contributed by atoms with Gasteiger partial charge in [0.05, 0.1) is 13.1 Å². The second-order valence-electron chi connectivity index (χ2n) is 7.15. The molecule has 2 rings (SSSR count). The zero-order chi connectivity index (χ0) is 19.8. The lowest BCUT2D eigenvalue weighted by molar-refractivity contribution is -0.123. The van der Waals surface area contributed by atoms with Gasteiger partial charge in [-0.2, -0.15) is 0 Å². The summed E-state index contributed by atoms with van der Waals surface area (Å²) in [7, 11) is 0. The number of hydrogen-bond donors (Lipinski definition) is 3. The molecule has 1 aliphatic rings. The van der Waals surface area contributed by atoms with Crippen molar-refractivity contribution >= 4 is 17.8 Å². The van der Waals surface area contributed by atoms with Crippen molar-refractivity contribution in [2.45, 2.75) is 40.3 Å². The molecule has 1 aromatic carbocycles. The summed E-state index contributed by atoms with van der Waals surface area (Å²) in [4.78, 5) is 30.1. The van der Waals surface area contributed by atoms with Gasteiger partial charge in [0.15, 0.2) is 5.96 Å². The highest BCUT2D eigenvalue weighted by atomic mass is 16.2. The largest absolute Gasteiger partial charge is 0.357 e. The number of hydrogen-bond acceptors (Lipinski definition) is 3. The molecule has 1 aromatic rings. The molecule has 7 heteroatoms. The van der Waals surface area contributed by atoms with Crippen LogP contribution in [0.2, 0.25) is 0 Å². The van der Waals surface area contributed by atoms with Crippen LogP contribution in [0.25, 0.3) is 0 Å². The highest BCUT2D eigenvalue weighted by Gasteiger charge is 2.22. The maximum absolute atomic E-state index is 12.5. The summed E-state index contributed by atoms with van der Waals surface area (Å²) in [5, 5.41) is 9.39. The lowest BCUT2D eigenvalue weighted by Crippen LogP contribution is -2.49. The normalized spacial score (nSPS) is 16.1. The van der Waals surface area contributed by atoms with E-state index < -0.39 is 0 Å². The third-order valence-electron chi connectivity index (χ3n) is 4.65. The van der Waals surface area contributed by atoms with Crippen LogP contribution in [0.15, 0.2) is 29.3 Å². The summed E-state index contributed by atoms with van der Waals surface area (Å²) >= 11 is 0. The number of carbonyl (C=O) groups excluding carboxylic acids is 2. The first kappa shape index (κ1) is 20.7. The Hall–Kier alpha value is -2.57. The van der Waals surface area contributed by atoms with E-state index in [0.29, 0.717) is 37.2 Å². The van der Waals surface area contributed by atoms with E-state index in [2.05, 4.69) is 41.7 Å². The maximum Gasteiger partial charge on any atom is 0.254 e. The van der Waals surface area contributed by atoms with Crippen molar-refractivity contribution in [3.63, 3.8) is 0 Å². The number of carbonyl (C=O) groups is 2. The van der Waals surface area contributed by atoms with Gasteiger partial charge in [0.25, 0.3) is 5.91 Å². The Balaban J connectivity index is 1.99. The van der Waals surface area contributed by atoms with E-state index in [-0.39, 0.29) is 18.4 Å². The van der Waals surface area contributed by atoms with Gasteiger partial charge in [-0.05, 0) is 37.5 Å². The highest BCUT2D eigenvalue weighted by Crippen LogP contribution is 2.10. The topological polar surface area (TPSA) is 85.8 Å². The smallest absolute Gasteiger partial charge is 0.254 e. The Labute approximate surface area is 161 Å². The average Bonchev–Trinajstić information content (AvgIpc) is 2.66. The number of aliphatic imine (C=N–C) groups is 1. The first-order valence-electron chi connectivity index (χ1n) is 9.60. The third-order valence-corrected chi connectivity index (χ3v) is 4.65. The number of nitrogens with zero attached hydrogens (tertiary/aromatic N) is 2. The molecule has 1 saturated heterocycles. The van der Waals surface area contributed by atoms with Crippen LogP contribution in [0, 0.1) is 5.92 Å². The Kier molecular flexibility index (Phi) is 7.64. The zero-order valence-corrected chi connectivity index (χ0v) is 16.7. The molecular weight excluding hydrogens is 342 g/mol. The van der Waals surface area contributed by atoms with Gasteiger partial charge < -0.3 is 20.9 Å². The first-order chi connectivity index (χ1) is 12.9. The molecule has 1 fully saturated rings. The number of nitrogens with one attached hydrogen (secondary N) is 3. The molecule has 1 heterocycles. The molecule has 0 spiro atoms. The van der Waals surface area contributed by atoms with Crippen LogP contribution in [0.1, 0.15) is 43.6 Å². The summed E-state index contributed by atoms with van der Waals surface area (Å²) in [6.07, 6.45) is 0. The van der Waals surface area contributed by atoms with E-state index in [0.717, 1.165) is 18.1 Å². The lowest BCUT2D eigenvalue weighted by Gasteiger charge is -2.26. The van der Waals surface area contributed by atoms with Crippen molar-refractivity contribution in [1.29, 1.82) is 0 Å². The quantitative estimate of drug-likeness (QED) is 0.519. The van der Waals surface area contributed by atoms with Gasteiger partial charge in [-0.3, -0.25) is 9.59 Å². The second kappa shape index (κ2) is 9.94. The molecule has 3 N–H and O–H groups in total. The van der Waals surface area contributed by atoms with Crippen molar-refractivity contribution in [3.05, 3.63) is 35.4 Å². The van der Waals surface area contributed by atoms with Crippen LogP contribution in [-0.4, -0.2) is 54.9 Å². The number of amides is 2. The molecule has 0 aliphatic carbocycles. The van der Waals surface area contributed by atoms with Crippen molar-refractivity contribution in [2.75, 3.05) is 26.2 Å². The zero-order valence-electron chi connectivity index (χ0n) is 16.7. The molecule has 148 valence electrons. The van der Waals surface area contributed by atoms with Gasteiger partial charge in [-0.25, -0.2) is 4.99 Å². The summed E-state index contributed by atoms with van der Waals surface area (Å²) in [6, 6.07) is 7.75. The minimum atomic E-state index is -0.111. The summed E-state index contributed by atoms with van der Waals surface area (Å²) in [5.74, 6) is 1.08. The molecule has 7 nitrogen and oxygen atoms in total. The SMILES string of the molecule is CCNC(=NCc1ccc(C(=O)N2CCNC(=O)C2)cc1)NC(C)C(C)C. The number of piperazine rings is 1. The summed E-state index contributed by atoms with van der Waals surface area (Å²) in [6.45, 7) is 11.0. The van der Waals surface area contributed by atoms with Gasteiger partial charge >= 0.3 is 0 Å². The standard InChI is InChI=1S/C20H31N5O2/c1-5-21-20(24-15(4)14(2)3)23-12-16-6-8-17(9-7-16)19(27)25-11-10-22-18(26)13-25/h6-9,14-15H,5,10-13H2,1-4H3,(H,22,26)(H2,21,23,24). The van der Waals surface area contributed by atoms with Crippen LogP contribution < -0.4 is 16.0 Å². The molecule has 1 atom stereocenters. The molecule has 1 unspecified atom stereocenters. The Morgan fingerprint density at radius 2 is 1.96 bits per heavy atom. The van der Waals surface area contributed by atoms with Crippen molar-refractivity contribution < 1.29 is 9.59 Å². The molecule has 0 radical (unpaired) electrons. The highest BCUT2D eigenvalue weighted by molar-refractivity contribution is 5.97. The fourth-order valence-corrected chi connectivity index (χ4v) is 2.62. The Morgan fingerprint density at radius 1 is 1.26 bits per heavy atom. The van der Waals surface area contributed by atoms with Crippen molar-refractivity contribution in [2.24, 2.45) is 10.9 Å². The molecule has 0 aromatic heterocycles. The molecule has 2 amide bonds. The van der Waals surface area contributed by atoms with E-state index >= 15 is 0 Å². The second-order valence-corrected chi connectivity index (χ2v) is 7.15. The first-order valence-corrected chi connectivity index (χ1v) is 9.60. The van der Waals surface area contributed by atoms with Crippen LogP contribution in [-0.2, 0) is 11.3 Å². The van der Waals surface area contributed by atoms with Crippen LogP contribution in [0.5, 0.6) is 0 Å². The number of rotatable bonds is 6. The minimum Gasteiger partial charge on any atom is -0.357 e. The molecule has 1 aliphatic heterocycles. The van der Waals surface area contributed by atoms with Gasteiger partial charge in [-0.1, -0.05) is 26.0 Å². The van der Waals surface area contributed by atoms with Crippen molar-refractivity contribution in [1.82, 2.24) is 20.9 Å². The third kappa shape index (κ3) is 6.27. The maximum atomic E-state index is 12.5. The van der Waals surface area contributed by atoms with Gasteiger partial charge in [-0.15, -0.1) is 0 Å². The molecular formula is C20H31N5O2. The predicted octanol–water partition coefficient (Wildman–Crippen LogP) is 1.36. The number of benzene rings is 1. The van der Waals surface area contributed by atoms with Crippen LogP contribution >= 0.6 is 0 Å². The van der Waals surface area contributed by atoms with E-state index in [9.17, 15) is 9.59 Å². The Bertz CT molecular complexity index is 669. The average molecular weight is 374 g/mol. The fraction of sp³-hybridized carbons (Fsp3) is 0.550. The minimum absolute atomic E-state index is 0.110. The monoisotopic (exact) mass is 373 g/mol. The van der Waals surface area contributed by atoms with Crippen molar-refractivity contribution in [3.8, 4) is 0 Å². The fourth-order valence-electron chi connectivity index (χ4n) is 2.62. The number of guanidine groups is 1. The molecule has 0 bridgehead atoms. The van der Waals surface area contributed by atoms with E-state index in [4.69, 9.17) is 0 Å². The lowest BCUT2D eigenvalue weighted by atomic mass is 10.1. The summed E-state index contributed by atoms with van der Waals surface area (Å²) < 4.78 is 0. The van der Waals surface area contributed by atoms with E-state index in [1.165, 1.54) is 0 Å². The van der Waals surface area contributed by atoms with Gasteiger partial charge in [0.1, 0.15) is 0 Å². The molecule has 0 saturated carbocycles. The van der Waals surface area contributed by atoms with E-state index in [1.807, 2.05) is 19.1 Å². The molecule has 27 heavy (non-hydrogen) atoms. The van der Waals surface area contributed by atoms with Crippen LogP contribution in [0.4, 0.5) is 0 Å². The van der Waals surface area contributed by atoms with E-state index in [1.54, 1.807) is 17.0 Å². The predicted molar refractivity (Wildman–Crippen MR) is 108 cm³/mol. The van der Waals surface area contributed by atoms with Crippen LogP contribution in [0.3, 0.4) is 0 Å². The summed E-state index contributed by atoms with van der Waals surface area (Å²) in [5.41, 5.74) is 1.62. The van der Waals surface area contributed by atoms with Gasteiger partial charge in [0.2, 0.25) is 5.91 Å². The van der Waals surface area contributed by atoms with Gasteiger partial charge in [0, 0.05) is 31.2 Å².